The molecule has 0 aromatic heterocycles. The Bertz CT molecular complexity index is 521. The zero-order valence-corrected chi connectivity index (χ0v) is 11.2. The molecule has 0 radical (unpaired) electrons. The summed E-state index contributed by atoms with van der Waals surface area (Å²) in [6.45, 7) is 4.39. The maximum atomic E-state index is 2.29. The molecule has 0 aliphatic carbocycles. The third-order valence-electron chi connectivity index (χ3n) is 3.10. The van der Waals surface area contributed by atoms with Gasteiger partial charge < -0.3 is 0 Å². The van der Waals surface area contributed by atoms with Crippen molar-refractivity contribution < 1.29 is 0 Å². The summed E-state index contributed by atoms with van der Waals surface area (Å²) in [6.07, 6.45) is 4.62. The van der Waals surface area contributed by atoms with Crippen LogP contribution in [0.3, 0.4) is 0 Å². The molecule has 0 saturated carbocycles. The third kappa shape index (κ3) is 3.33. The minimum Gasteiger partial charge on any atom is -0.0651 e. The highest BCUT2D eigenvalue weighted by Gasteiger charge is 1.96. The van der Waals surface area contributed by atoms with Crippen LogP contribution in [0.15, 0.2) is 54.6 Å². The van der Waals surface area contributed by atoms with E-state index in [1.54, 1.807) is 0 Å². The SMILES string of the molecule is CCCc1cccc(C=C(C)c2ccccc2)c1. The molecule has 0 unspecified atom stereocenters. The topological polar surface area (TPSA) is 0 Å². The molecule has 0 heterocycles. The summed E-state index contributed by atoms with van der Waals surface area (Å²) in [7, 11) is 0. The van der Waals surface area contributed by atoms with Crippen LogP contribution in [0.1, 0.15) is 37.0 Å². The predicted molar refractivity (Wildman–Crippen MR) is 80.4 cm³/mol. The Morgan fingerprint density at radius 3 is 2.50 bits per heavy atom. The maximum Gasteiger partial charge on any atom is -0.0227 e. The summed E-state index contributed by atoms with van der Waals surface area (Å²) in [5, 5.41) is 0. The van der Waals surface area contributed by atoms with Gasteiger partial charge >= 0.3 is 0 Å². The van der Waals surface area contributed by atoms with Crippen LogP contribution in [0.2, 0.25) is 0 Å². The van der Waals surface area contributed by atoms with E-state index >= 15 is 0 Å². The van der Waals surface area contributed by atoms with Crippen LogP contribution in [0.4, 0.5) is 0 Å². The average molecular weight is 236 g/mol. The molecule has 0 heteroatoms. The largest absolute Gasteiger partial charge is 0.0651 e. The van der Waals surface area contributed by atoms with E-state index in [4.69, 9.17) is 0 Å². The molecule has 0 nitrogen and oxygen atoms in total. The molecule has 0 N–H and O–H groups in total. The first-order chi connectivity index (χ1) is 8.79. The Morgan fingerprint density at radius 1 is 1.00 bits per heavy atom. The monoisotopic (exact) mass is 236 g/mol. The highest BCUT2D eigenvalue weighted by atomic mass is 14.0. The number of allylic oxidation sites excluding steroid dienone is 1. The van der Waals surface area contributed by atoms with Crippen molar-refractivity contribution in [2.75, 3.05) is 0 Å². The molecule has 0 aliphatic heterocycles. The first-order valence-electron chi connectivity index (χ1n) is 6.62. The van der Waals surface area contributed by atoms with Gasteiger partial charge in [-0.15, -0.1) is 0 Å². The van der Waals surface area contributed by atoms with E-state index in [-0.39, 0.29) is 0 Å². The fraction of sp³-hybridized carbons (Fsp3) is 0.222. The fourth-order valence-electron chi connectivity index (χ4n) is 2.16. The van der Waals surface area contributed by atoms with Crippen molar-refractivity contribution in [1.29, 1.82) is 0 Å². The lowest BCUT2D eigenvalue weighted by Gasteiger charge is -2.04. The number of hydrogen-bond donors (Lipinski definition) is 0. The minimum atomic E-state index is 1.16. The molecule has 0 bridgehead atoms. The quantitative estimate of drug-likeness (QED) is 0.640. The van der Waals surface area contributed by atoms with Gasteiger partial charge in [0.2, 0.25) is 0 Å². The summed E-state index contributed by atoms with van der Waals surface area (Å²) in [5.41, 5.74) is 5.32. The standard InChI is InChI=1S/C18H20/c1-3-8-16-9-7-10-17(14-16)13-15(2)18-11-5-4-6-12-18/h4-7,9-14H,3,8H2,1-2H3. The van der Waals surface area contributed by atoms with Crippen LogP contribution >= 0.6 is 0 Å². The zero-order chi connectivity index (χ0) is 12.8. The maximum absolute atomic E-state index is 2.29. The molecule has 92 valence electrons. The second kappa shape index (κ2) is 6.20. The van der Waals surface area contributed by atoms with Gasteiger partial charge in [-0.05, 0) is 35.6 Å². The minimum absolute atomic E-state index is 1.16. The Labute approximate surface area is 110 Å². The number of benzene rings is 2. The summed E-state index contributed by atoms with van der Waals surface area (Å²) < 4.78 is 0. The van der Waals surface area contributed by atoms with Crippen LogP contribution in [0, 0.1) is 0 Å². The van der Waals surface area contributed by atoms with Crippen molar-refractivity contribution in [3.8, 4) is 0 Å². The molecule has 0 saturated heterocycles. The predicted octanol–water partition coefficient (Wildman–Crippen LogP) is 5.20. The van der Waals surface area contributed by atoms with Crippen molar-refractivity contribution >= 4 is 11.6 Å². The molecule has 2 aromatic carbocycles. The van der Waals surface area contributed by atoms with E-state index in [9.17, 15) is 0 Å². The highest BCUT2D eigenvalue weighted by Crippen LogP contribution is 2.18. The fourth-order valence-corrected chi connectivity index (χ4v) is 2.16. The first kappa shape index (κ1) is 12.6. The van der Waals surface area contributed by atoms with Crippen molar-refractivity contribution in [3.63, 3.8) is 0 Å². The van der Waals surface area contributed by atoms with Gasteiger partial charge in [0.15, 0.2) is 0 Å². The lowest BCUT2D eigenvalue weighted by Crippen LogP contribution is -1.84. The van der Waals surface area contributed by atoms with Gasteiger partial charge in [0.1, 0.15) is 0 Å². The Kier molecular flexibility index (Phi) is 4.35. The Balaban J connectivity index is 2.24. The van der Waals surface area contributed by atoms with Crippen LogP contribution in [-0.4, -0.2) is 0 Å². The molecule has 0 fully saturated rings. The van der Waals surface area contributed by atoms with Gasteiger partial charge in [0.25, 0.3) is 0 Å². The van der Waals surface area contributed by atoms with Crippen LogP contribution in [0.5, 0.6) is 0 Å². The summed E-state index contributed by atoms with van der Waals surface area (Å²) in [6, 6.07) is 19.3. The van der Waals surface area contributed by atoms with E-state index in [2.05, 4.69) is 74.5 Å². The van der Waals surface area contributed by atoms with E-state index in [1.165, 1.54) is 28.7 Å². The molecular weight excluding hydrogens is 216 g/mol. The third-order valence-corrected chi connectivity index (χ3v) is 3.10. The molecule has 0 amide bonds. The van der Waals surface area contributed by atoms with E-state index in [1.807, 2.05) is 0 Å². The highest BCUT2D eigenvalue weighted by molar-refractivity contribution is 5.80. The van der Waals surface area contributed by atoms with Gasteiger partial charge in [-0.1, -0.05) is 74.0 Å². The second-order valence-electron chi connectivity index (χ2n) is 4.69. The van der Waals surface area contributed by atoms with Gasteiger partial charge in [-0.3, -0.25) is 0 Å². The van der Waals surface area contributed by atoms with Crippen LogP contribution < -0.4 is 0 Å². The molecule has 2 rings (SSSR count). The van der Waals surface area contributed by atoms with Gasteiger partial charge in [-0.25, -0.2) is 0 Å². The van der Waals surface area contributed by atoms with Gasteiger partial charge in [-0.2, -0.15) is 0 Å². The van der Waals surface area contributed by atoms with Crippen molar-refractivity contribution in [2.45, 2.75) is 26.7 Å². The molecule has 2 aromatic rings. The average Bonchev–Trinajstić information content (AvgIpc) is 2.40. The lowest BCUT2D eigenvalue weighted by atomic mass is 10.0. The zero-order valence-electron chi connectivity index (χ0n) is 11.2. The van der Waals surface area contributed by atoms with Crippen LogP contribution in [-0.2, 0) is 6.42 Å². The summed E-state index contributed by atoms with van der Waals surface area (Å²) >= 11 is 0. The smallest absolute Gasteiger partial charge is 0.0227 e. The summed E-state index contributed by atoms with van der Waals surface area (Å²) in [5.74, 6) is 0. The number of aryl methyl sites for hydroxylation is 1. The van der Waals surface area contributed by atoms with Crippen LogP contribution in [0.25, 0.3) is 11.6 Å². The van der Waals surface area contributed by atoms with Crippen molar-refractivity contribution in [1.82, 2.24) is 0 Å². The normalized spacial score (nSPS) is 11.6. The molecule has 18 heavy (non-hydrogen) atoms. The molecular formula is C18H20. The Morgan fingerprint density at radius 2 is 1.78 bits per heavy atom. The summed E-state index contributed by atoms with van der Waals surface area (Å²) in [4.78, 5) is 0. The van der Waals surface area contributed by atoms with E-state index in [0.29, 0.717) is 0 Å². The van der Waals surface area contributed by atoms with E-state index < -0.39 is 0 Å². The van der Waals surface area contributed by atoms with Crippen molar-refractivity contribution in [3.05, 3.63) is 71.3 Å². The number of hydrogen-bond acceptors (Lipinski definition) is 0. The lowest BCUT2D eigenvalue weighted by molar-refractivity contribution is 0.921. The molecule has 0 spiro atoms. The van der Waals surface area contributed by atoms with Crippen molar-refractivity contribution in [2.24, 2.45) is 0 Å². The molecule has 0 aliphatic rings. The Hall–Kier alpha value is -1.82. The van der Waals surface area contributed by atoms with E-state index in [0.717, 1.165) is 6.42 Å². The number of rotatable bonds is 4. The first-order valence-corrected chi connectivity index (χ1v) is 6.62. The molecule has 0 atom stereocenters. The van der Waals surface area contributed by atoms with Gasteiger partial charge in [0, 0.05) is 0 Å². The van der Waals surface area contributed by atoms with Gasteiger partial charge in [0.05, 0.1) is 0 Å². The second-order valence-corrected chi connectivity index (χ2v) is 4.69.